The van der Waals surface area contributed by atoms with Gasteiger partial charge in [-0.1, -0.05) is 13.0 Å². The predicted molar refractivity (Wildman–Crippen MR) is 106 cm³/mol. The van der Waals surface area contributed by atoms with Crippen molar-refractivity contribution in [3.8, 4) is 0 Å². The highest BCUT2D eigenvalue weighted by Crippen LogP contribution is 2.26. The van der Waals surface area contributed by atoms with Crippen molar-refractivity contribution in [3.05, 3.63) is 29.8 Å². The molecule has 0 bridgehead atoms. The molecule has 0 aromatic heterocycles. The Morgan fingerprint density at radius 2 is 1.96 bits per heavy atom. The van der Waals surface area contributed by atoms with Gasteiger partial charge in [-0.05, 0) is 50.4 Å². The van der Waals surface area contributed by atoms with Crippen LogP contribution in [0, 0.1) is 17.6 Å². The fraction of sp³-hybridized carbons (Fsp3) is 0.650. The van der Waals surface area contributed by atoms with Gasteiger partial charge in [0.1, 0.15) is 17.3 Å². The van der Waals surface area contributed by atoms with E-state index in [0.717, 1.165) is 25.5 Å². The molecule has 7 heteroatoms. The quantitative estimate of drug-likeness (QED) is 0.589. The molecule has 5 nitrogen and oxygen atoms in total. The summed E-state index contributed by atoms with van der Waals surface area (Å²) in [4.78, 5) is 8.60. The Balaban J connectivity index is 1.47. The fourth-order valence-corrected chi connectivity index (χ4v) is 4.10. The van der Waals surface area contributed by atoms with E-state index in [9.17, 15) is 8.78 Å². The first-order valence-corrected chi connectivity index (χ1v) is 9.99. The van der Waals surface area contributed by atoms with Gasteiger partial charge in [-0.15, -0.1) is 0 Å². The SMILES string of the molecule is CCCN1CCC(CNC(=NC)NC2CCN(c3c(F)cccc3F)C2)C1. The monoisotopic (exact) mass is 379 g/mol. The summed E-state index contributed by atoms with van der Waals surface area (Å²) >= 11 is 0. The van der Waals surface area contributed by atoms with Gasteiger partial charge in [0.05, 0.1) is 0 Å². The fourth-order valence-electron chi connectivity index (χ4n) is 4.10. The van der Waals surface area contributed by atoms with Crippen LogP contribution in [0.5, 0.6) is 0 Å². The van der Waals surface area contributed by atoms with Gasteiger partial charge in [0.15, 0.2) is 5.96 Å². The van der Waals surface area contributed by atoms with E-state index in [4.69, 9.17) is 0 Å². The molecule has 0 aliphatic carbocycles. The molecule has 1 aromatic rings. The van der Waals surface area contributed by atoms with Crippen molar-refractivity contribution in [2.75, 3.05) is 51.2 Å². The van der Waals surface area contributed by atoms with E-state index < -0.39 is 11.6 Å². The molecule has 2 aliphatic rings. The number of guanidine groups is 1. The maximum atomic E-state index is 14.0. The van der Waals surface area contributed by atoms with Gasteiger partial charge in [-0.25, -0.2) is 8.78 Å². The van der Waals surface area contributed by atoms with E-state index in [1.807, 2.05) is 0 Å². The number of halogens is 2. The Bertz CT molecular complexity index is 631. The van der Waals surface area contributed by atoms with Gasteiger partial charge in [-0.2, -0.15) is 0 Å². The number of para-hydroxylation sites is 1. The van der Waals surface area contributed by atoms with Crippen molar-refractivity contribution >= 4 is 11.6 Å². The highest BCUT2D eigenvalue weighted by molar-refractivity contribution is 5.80. The molecular weight excluding hydrogens is 348 g/mol. The van der Waals surface area contributed by atoms with Gasteiger partial charge >= 0.3 is 0 Å². The summed E-state index contributed by atoms with van der Waals surface area (Å²) in [5.74, 6) is 0.402. The molecule has 0 amide bonds. The van der Waals surface area contributed by atoms with Crippen molar-refractivity contribution in [2.45, 2.75) is 32.2 Å². The van der Waals surface area contributed by atoms with E-state index >= 15 is 0 Å². The minimum atomic E-state index is -0.504. The lowest BCUT2D eigenvalue weighted by Crippen LogP contribution is -2.46. The summed E-state index contributed by atoms with van der Waals surface area (Å²) < 4.78 is 28.0. The molecule has 2 atom stereocenters. The van der Waals surface area contributed by atoms with E-state index in [1.54, 1.807) is 11.9 Å². The van der Waals surface area contributed by atoms with Crippen LogP contribution in [0.4, 0.5) is 14.5 Å². The third-order valence-corrected chi connectivity index (χ3v) is 5.47. The van der Waals surface area contributed by atoms with Gasteiger partial charge in [0, 0.05) is 39.3 Å². The van der Waals surface area contributed by atoms with E-state index in [1.165, 1.54) is 44.1 Å². The van der Waals surface area contributed by atoms with Crippen LogP contribution in [-0.4, -0.2) is 63.2 Å². The van der Waals surface area contributed by atoms with Crippen LogP contribution in [0.1, 0.15) is 26.2 Å². The Kier molecular flexibility index (Phi) is 6.88. The highest BCUT2D eigenvalue weighted by atomic mass is 19.1. The summed E-state index contributed by atoms with van der Waals surface area (Å²) in [6, 6.07) is 4.14. The van der Waals surface area contributed by atoms with Gasteiger partial charge in [-0.3, -0.25) is 4.99 Å². The van der Waals surface area contributed by atoms with E-state index in [2.05, 4.69) is 27.4 Å². The zero-order valence-corrected chi connectivity index (χ0v) is 16.3. The topological polar surface area (TPSA) is 42.9 Å². The van der Waals surface area contributed by atoms with Crippen LogP contribution in [0.15, 0.2) is 23.2 Å². The molecule has 150 valence electrons. The minimum absolute atomic E-state index is 0.0757. The normalized spacial score (nSPS) is 23.9. The molecular formula is C20H31F2N5. The van der Waals surface area contributed by atoms with Crippen molar-refractivity contribution < 1.29 is 8.78 Å². The second-order valence-corrected chi connectivity index (χ2v) is 7.55. The maximum Gasteiger partial charge on any atom is 0.191 e. The number of benzene rings is 1. The number of hydrogen-bond donors (Lipinski definition) is 2. The first-order chi connectivity index (χ1) is 13.1. The standard InChI is InChI=1S/C20H31F2N5/c1-3-9-26-10-7-15(13-26)12-24-20(23-2)25-16-8-11-27(14-16)19-17(21)5-4-6-18(19)22/h4-6,15-16H,3,7-14H2,1-2H3,(H2,23,24,25). The summed E-state index contributed by atoms with van der Waals surface area (Å²) in [5.41, 5.74) is 0.0757. The molecule has 2 fully saturated rings. The molecule has 2 heterocycles. The molecule has 2 N–H and O–H groups in total. The lowest BCUT2D eigenvalue weighted by Gasteiger charge is -2.22. The van der Waals surface area contributed by atoms with E-state index in [0.29, 0.717) is 19.0 Å². The predicted octanol–water partition coefficient (Wildman–Crippen LogP) is 2.44. The Morgan fingerprint density at radius 1 is 1.19 bits per heavy atom. The minimum Gasteiger partial charge on any atom is -0.365 e. The van der Waals surface area contributed by atoms with Crippen molar-refractivity contribution in [1.29, 1.82) is 0 Å². The molecule has 2 saturated heterocycles. The molecule has 2 unspecified atom stereocenters. The van der Waals surface area contributed by atoms with Crippen molar-refractivity contribution in [1.82, 2.24) is 15.5 Å². The zero-order valence-electron chi connectivity index (χ0n) is 16.3. The van der Waals surface area contributed by atoms with Crippen LogP contribution in [0.2, 0.25) is 0 Å². The zero-order chi connectivity index (χ0) is 19.2. The molecule has 27 heavy (non-hydrogen) atoms. The average Bonchev–Trinajstić information content (AvgIpc) is 3.28. The first kappa shape index (κ1) is 19.9. The number of nitrogens with zero attached hydrogens (tertiary/aromatic N) is 3. The smallest absolute Gasteiger partial charge is 0.191 e. The third kappa shape index (κ3) is 5.09. The summed E-state index contributed by atoms with van der Waals surface area (Å²) in [6.07, 6.45) is 3.24. The molecule has 0 saturated carbocycles. The van der Waals surface area contributed by atoms with Crippen LogP contribution in [0.3, 0.4) is 0 Å². The first-order valence-electron chi connectivity index (χ1n) is 9.99. The molecule has 2 aliphatic heterocycles. The van der Waals surface area contributed by atoms with Gasteiger partial charge in [0.2, 0.25) is 0 Å². The Morgan fingerprint density at radius 3 is 2.67 bits per heavy atom. The van der Waals surface area contributed by atoms with Crippen LogP contribution >= 0.6 is 0 Å². The summed E-state index contributed by atoms with van der Waals surface area (Å²) in [6.45, 7) is 7.80. The summed E-state index contributed by atoms with van der Waals surface area (Å²) in [5, 5.41) is 6.83. The number of likely N-dealkylation sites (tertiary alicyclic amines) is 1. The highest BCUT2D eigenvalue weighted by Gasteiger charge is 2.27. The van der Waals surface area contributed by atoms with E-state index in [-0.39, 0.29) is 11.7 Å². The number of hydrogen-bond acceptors (Lipinski definition) is 3. The second kappa shape index (κ2) is 9.35. The number of rotatable bonds is 6. The lowest BCUT2D eigenvalue weighted by molar-refractivity contribution is 0.324. The number of anilines is 1. The molecule has 3 rings (SSSR count). The largest absolute Gasteiger partial charge is 0.365 e. The van der Waals surface area contributed by atoms with Gasteiger partial charge < -0.3 is 20.4 Å². The van der Waals surface area contributed by atoms with Gasteiger partial charge in [0.25, 0.3) is 0 Å². The van der Waals surface area contributed by atoms with Crippen LogP contribution < -0.4 is 15.5 Å². The second-order valence-electron chi connectivity index (χ2n) is 7.55. The van der Waals surface area contributed by atoms with Crippen molar-refractivity contribution in [3.63, 3.8) is 0 Å². The number of nitrogens with one attached hydrogen (secondary N) is 2. The Hall–Kier alpha value is -1.89. The molecule has 0 radical (unpaired) electrons. The molecule has 0 spiro atoms. The molecule has 1 aromatic carbocycles. The van der Waals surface area contributed by atoms with Crippen LogP contribution in [0.25, 0.3) is 0 Å². The van der Waals surface area contributed by atoms with Crippen molar-refractivity contribution in [2.24, 2.45) is 10.9 Å². The maximum absolute atomic E-state index is 14.0. The third-order valence-electron chi connectivity index (χ3n) is 5.47. The average molecular weight is 379 g/mol. The Labute approximate surface area is 160 Å². The summed E-state index contributed by atoms with van der Waals surface area (Å²) in [7, 11) is 1.76. The lowest BCUT2D eigenvalue weighted by atomic mass is 10.1. The van der Waals surface area contributed by atoms with Crippen LogP contribution in [-0.2, 0) is 0 Å². The number of aliphatic imine (C=N–C) groups is 1.